The number of nitrogens with zero attached hydrogens (tertiary/aromatic N) is 1. The fourth-order valence-corrected chi connectivity index (χ4v) is 2.89. The van der Waals surface area contributed by atoms with Gasteiger partial charge in [-0.3, -0.25) is 9.59 Å². The van der Waals surface area contributed by atoms with Crippen molar-refractivity contribution in [2.75, 3.05) is 5.32 Å². The average Bonchev–Trinajstić information content (AvgIpc) is 3.07. The standard InChI is InChI=1S/C22H16FN3O4/c1-12-9-17-15(10-16(12)23)19(20(30-17)21(24)27)26-22(28)13-7-8-18(25-11-13)29-14-5-3-2-4-6-14/h2-11H,1H3,(H2,24,27)(H,26,28). The zero-order valence-electron chi connectivity index (χ0n) is 15.8. The summed E-state index contributed by atoms with van der Waals surface area (Å²) in [6.07, 6.45) is 1.32. The fraction of sp³-hybridized carbons (Fsp3) is 0.0455. The number of furan rings is 1. The highest BCUT2D eigenvalue weighted by molar-refractivity contribution is 6.14. The smallest absolute Gasteiger partial charge is 0.286 e. The number of hydrogen-bond acceptors (Lipinski definition) is 5. The molecule has 3 N–H and O–H groups in total. The van der Waals surface area contributed by atoms with Crippen molar-refractivity contribution >= 4 is 28.5 Å². The molecule has 4 rings (SSSR count). The molecule has 2 amide bonds. The van der Waals surface area contributed by atoms with Gasteiger partial charge in [-0.1, -0.05) is 18.2 Å². The zero-order chi connectivity index (χ0) is 21.3. The van der Waals surface area contributed by atoms with Crippen molar-refractivity contribution in [1.82, 2.24) is 4.98 Å². The number of aryl methyl sites for hydroxylation is 1. The molecule has 150 valence electrons. The SMILES string of the molecule is Cc1cc2oc(C(N)=O)c(NC(=O)c3ccc(Oc4ccccc4)nc3)c2cc1F. The molecular weight excluding hydrogens is 389 g/mol. The molecule has 0 aliphatic carbocycles. The van der Waals surface area contributed by atoms with Gasteiger partial charge in [0, 0.05) is 17.6 Å². The number of pyridine rings is 1. The van der Waals surface area contributed by atoms with Gasteiger partial charge < -0.3 is 20.2 Å². The molecule has 0 unspecified atom stereocenters. The number of hydrogen-bond donors (Lipinski definition) is 2. The second-order valence-electron chi connectivity index (χ2n) is 6.52. The molecule has 0 saturated carbocycles. The van der Waals surface area contributed by atoms with Crippen molar-refractivity contribution in [1.29, 1.82) is 0 Å². The maximum absolute atomic E-state index is 14.0. The molecule has 2 aromatic carbocycles. The lowest BCUT2D eigenvalue weighted by Gasteiger charge is -2.07. The van der Waals surface area contributed by atoms with Gasteiger partial charge in [0.1, 0.15) is 22.8 Å². The van der Waals surface area contributed by atoms with Gasteiger partial charge in [0.05, 0.1) is 5.56 Å². The van der Waals surface area contributed by atoms with Crippen molar-refractivity contribution in [3.05, 3.63) is 83.5 Å². The molecule has 0 aliphatic heterocycles. The van der Waals surface area contributed by atoms with E-state index in [0.717, 1.165) is 0 Å². The van der Waals surface area contributed by atoms with Crippen LogP contribution in [0.25, 0.3) is 11.0 Å². The van der Waals surface area contributed by atoms with E-state index in [9.17, 15) is 14.0 Å². The highest BCUT2D eigenvalue weighted by Crippen LogP contribution is 2.33. The molecule has 4 aromatic rings. The van der Waals surface area contributed by atoms with Crippen LogP contribution >= 0.6 is 0 Å². The first kappa shape index (κ1) is 19.1. The monoisotopic (exact) mass is 405 g/mol. The Kier molecular flexibility index (Phi) is 4.89. The van der Waals surface area contributed by atoms with Crippen LogP contribution in [0.15, 0.2) is 65.2 Å². The van der Waals surface area contributed by atoms with E-state index in [2.05, 4.69) is 10.3 Å². The van der Waals surface area contributed by atoms with Crippen LogP contribution in [-0.2, 0) is 0 Å². The number of primary amides is 1. The number of halogens is 1. The fourth-order valence-electron chi connectivity index (χ4n) is 2.89. The lowest BCUT2D eigenvalue weighted by molar-refractivity contribution is 0.0977. The number of ether oxygens (including phenoxy) is 1. The van der Waals surface area contributed by atoms with Crippen LogP contribution in [0.3, 0.4) is 0 Å². The van der Waals surface area contributed by atoms with Gasteiger partial charge in [-0.15, -0.1) is 0 Å². The van der Waals surface area contributed by atoms with Gasteiger partial charge >= 0.3 is 0 Å². The maximum atomic E-state index is 14.0. The lowest BCUT2D eigenvalue weighted by Crippen LogP contribution is -2.17. The Bertz CT molecular complexity index is 1250. The second-order valence-corrected chi connectivity index (χ2v) is 6.52. The third-order valence-electron chi connectivity index (χ3n) is 4.40. The minimum Gasteiger partial charge on any atom is -0.449 e. The van der Waals surface area contributed by atoms with Crippen LogP contribution in [0.5, 0.6) is 11.6 Å². The normalized spacial score (nSPS) is 10.7. The number of fused-ring (bicyclic) bond motifs is 1. The number of para-hydroxylation sites is 1. The summed E-state index contributed by atoms with van der Waals surface area (Å²) in [5.74, 6) is -1.30. The highest BCUT2D eigenvalue weighted by Gasteiger charge is 2.22. The Labute approximate surface area is 170 Å². The van der Waals surface area contributed by atoms with Crippen LogP contribution in [0.1, 0.15) is 26.5 Å². The highest BCUT2D eigenvalue weighted by atomic mass is 19.1. The Balaban J connectivity index is 1.60. The number of nitrogens with one attached hydrogen (secondary N) is 1. The molecule has 0 bridgehead atoms. The number of carbonyl (C=O) groups is 2. The summed E-state index contributed by atoms with van der Waals surface area (Å²) in [5.41, 5.74) is 6.14. The average molecular weight is 405 g/mol. The van der Waals surface area contributed by atoms with Crippen molar-refractivity contribution < 1.29 is 23.1 Å². The van der Waals surface area contributed by atoms with E-state index in [1.165, 1.54) is 30.5 Å². The molecule has 0 saturated heterocycles. The first-order chi connectivity index (χ1) is 14.4. The summed E-state index contributed by atoms with van der Waals surface area (Å²) in [7, 11) is 0. The molecule has 0 aliphatic rings. The number of nitrogens with two attached hydrogens (primary N) is 1. The molecule has 2 heterocycles. The van der Waals surface area contributed by atoms with Gasteiger partial charge in [-0.25, -0.2) is 9.37 Å². The predicted octanol–water partition coefficient (Wildman–Crippen LogP) is 4.42. The molecule has 0 radical (unpaired) electrons. The van der Waals surface area contributed by atoms with E-state index < -0.39 is 17.6 Å². The molecule has 0 atom stereocenters. The Hall–Kier alpha value is -4.20. The first-order valence-corrected chi connectivity index (χ1v) is 8.95. The third kappa shape index (κ3) is 3.70. The van der Waals surface area contributed by atoms with Gasteiger partial charge in [0.15, 0.2) is 0 Å². The minimum atomic E-state index is -0.885. The topological polar surface area (TPSA) is 107 Å². The number of aromatic nitrogens is 1. The van der Waals surface area contributed by atoms with Gasteiger partial charge in [0.2, 0.25) is 11.6 Å². The summed E-state index contributed by atoms with van der Waals surface area (Å²) < 4.78 is 25.0. The Morgan fingerprint density at radius 3 is 2.57 bits per heavy atom. The van der Waals surface area contributed by atoms with Crippen molar-refractivity contribution in [3.8, 4) is 11.6 Å². The quantitative estimate of drug-likeness (QED) is 0.511. The molecule has 2 aromatic heterocycles. The molecule has 8 heteroatoms. The van der Waals surface area contributed by atoms with Crippen molar-refractivity contribution in [2.45, 2.75) is 6.92 Å². The van der Waals surface area contributed by atoms with E-state index in [-0.39, 0.29) is 28.0 Å². The van der Waals surface area contributed by atoms with Crippen LogP contribution in [0.4, 0.5) is 10.1 Å². The molecule has 0 spiro atoms. The maximum Gasteiger partial charge on any atom is 0.286 e. The number of anilines is 1. The number of amides is 2. The summed E-state index contributed by atoms with van der Waals surface area (Å²) in [6, 6.07) is 14.7. The van der Waals surface area contributed by atoms with E-state index in [1.807, 2.05) is 18.2 Å². The third-order valence-corrected chi connectivity index (χ3v) is 4.40. The molecular formula is C22H16FN3O4. The minimum absolute atomic E-state index is 0.00557. The molecule has 0 fully saturated rings. The first-order valence-electron chi connectivity index (χ1n) is 8.95. The number of benzene rings is 2. The molecule has 7 nitrogen and oxygen atoms in total. The Morgan fingerprint density at radius 2 is 1.90 bits per heavy atom. The van der Waals surface area contributed by atoms with Crippen LogP contribution in [-0.4, -0.2) is 16.8 Å². The summed E-state index contributed by atoms with van der Waals surface area (Å²) in [6.45, 7) is 1.56. The van der Waals surface area contributed by atoms with Gasteiger partial charge in [-0.2, -0.15) is 0 Å². The van der Waals surface area contributed by atoms with Crippen LogP contribution in [0.2, 0.25) is 0 Å². The Morgan fingerprint density at radius 1 is 1.13 bits per heavy atom. The zero-order valence-corrected chi connectivity index (χ0v) is 15.8. The van der Waals surface area contributed by atoms with Crippen molar-refractivity contribution in [3.63, 3.8) is 0 Å². The number of carbonyl (C=O) groups excluding carboxylic acids is 2. The molecule has 30 heavy (non-hydrogen) atoms. The van der Waals surface area contributed by atoms with E-state index in [1.54, 1.807) is 19.1 Å². The summed E-state index contributed by atoms with van der Waals surface area (Å²) in [4.78, 5) is 28.5. The van der Waals surface area contributed by atoms with E-state index >= 15 is 0 Å². The van der Waals surface area contributed by atoms with Crippen LogP contribution < -0.4 is 15.8 Å². The van der Waals surface area contributed by atoms with Gasteiger partial charge in [0.25, 0.3) is 11.8 Å². The predicted molar refractivity (Wildman–Crippen MR) is 108 cm³/mol. The second kappa shape index (κ2) is 7.67. The van der Waals surface area contributed by atoms with Crippen molar-refractivity contribution in [2.24, 2.45) is 5.73 Å². The lowest BCUT2D eigenvalue weighted by atomic mass is 10.1. The van der Waals surface area contributed by atoms with Crippen LogP contribution in [0, 0.1) is 12.7 Å². The van der Waals surface area contributed by atoms with E-state index in [4.69, 9.17) is 14.9 Å². The number of rotatable bonds is 5. The summed E-state index contributed by atoms with van der Waals surface area (Å²) in [5, 5.41) is 2.80. The van der Waals surface area contributed by atoms with Gasteiger partial charge in [-0.05, 0) is 42.8 Å². The largest absolute Gasteiger partial charge is 0.449 e. The summed E-state index contributed by atoms with van der Waals surface area (Å²) >= 11 is 0. The van der Waals surface area contributed by atoms with E-state index in [0.29, 0.717) is 17.2 Å².